The Morgan fingerprint density at radius 2 is 2.38 bits per heavy atom. The minimum atomic E-state index is -2.75. The Balaban J connectivity index is 2.35. The first-order valence-corrected chi connectivity index (χ1v) is 4.25. The van der Waals surface area contributed by atoms with Crippen LogP contribution in [0.5, 0.6) is 0 Å². The highest BCUT2D eigenvalue weighted by Gasteiger charge is 2.33. The molecule has 6 heteroatoms. The molecule has 0 bridgehead atoms. The van der Waals surface area contributed by atoms with E-state index >= 15 is 0 Å². The summed E-state index contributed by atoms with van der Waals surface area (Å²) in [6.45, 7) is -0.386. The van der Waals surface area contributed by atoms with Crippen LogP contribution < -0.4 is 5.32 Å². The Bertz CT molecular complexity index is 324. The molecule has 0 aliphatic carbocycles. The van der Waals surface area contributed by atoms with Crippen LogP contribution in [0.4, 0.5) is 8.78 Å². The molecule has 0 spiro atoms. The molecule has 0 radical (unpaired) electrons. The fourth-order valence-corrected chi connectivity index (χ4v) is 1.55. The van der Waals surface area contributed by atoms with E-state index in [1.807, 2.05) is 0 Å². The van der Waals surface area contributed by atoms with Crippen LogP contribution in [0.1, 0.15) is 5.69 Å². The summed E-state index contributed by atoms with van der Waals surface area (Å²) in [5.41, 5.74) is 0.624. The van der Waals surface area contributed by atoms with E-state index in [2.05, 4.69) is 10.4 Å². The van der Waals surface area contributed by atoms with Crippen LogP contribution in [0, 0.1) is 0 Å². The molecule has 72 valence electrons. The van der Waals surface area contributed by atoms with Gasteiger partial charge in [-0.3, -0.25) is 4.68 Å². The van der Waals surface area contributed by atoms with Crippen molar-refractivity contribution in [1.29, 1.82) is 0 Å². The van der Waals surface area contributed by atoms with Gasteiger partial charge in [-0.05, 0) is 0 Å². The smallest absolute Gasteiger partial charge is 0.279 e. The molecule has 1 aromatic rings. The lowest BCUT2D eigenvalue weighted by atomic mass is 10.3. The highest BCUT2D eigenvalue weighted by Crippen LogP contribution is 2.23. The molecule has 0 aromatic carbocycles. The van der Waals surface area contributed by atoms with Crippen LogP contribution >= 0.6 is 11.6 Å². The zero-order chi connectivity index (χ0) is 9.47. The molecule has 2 heterocycles. The topological polar surface area (TPSA) is 29.9 Å². The Labute approximate surface area is 78.7 Å². The van der Waals surface area contributed by atoms with Crippen molar-refractivity contribution in [1.82, 2.24) is 15.1 Å². The molecule has 1 N–H and O–H groups in total. The van der Waals surface area contributed by atoms with Crippen LogP contribution in [0.3, 0.4) is 0 Å². The minimum Gasteiger partial charge on any atom is -0.305 e. The van der Waals surface area contributed by atoms with Gasteiger partial charge in [0.1, 0.15) is 6.54 Å². The molecule has 0 atom stereocenters. The Hall–Kier alpha value is -0.680. The van der Waals surface area contributed by atoms with Crippen LogP contribution in [-0.2, 0) is 13.1 Å². The lowest BCUT2D eigenvalue weighted by molar-refractivity contribution is -0.0135. The molecule has 1 aromatic heterocycles. The van der Waals surface area contributed by atoms with Gasteiger partial charge in [0.15, 0.2) is 0 Å². The van der Waals surface area contributed by atoms with Crippen molar-refractivity contribution < 1.29 is 8.78 Å². The third-order valence-corrected chi connectivity index (χ3v) is 2.27. The van der Waals surface area contributed by atoms with E-state index in [1.54, 1.807) is 0 Å². The predicted molar refractivity (Wildman–Crippen MR) is 43.9 cm³/mol. The van der Waals surface area contributed by atoms with Gasteiger partial charge in [0.05, 0.1) is 23.5 Å². The van der Waals surface area contributed by atoms with Gasteiger partial charge in [0, 0.05) is 6.54 Å². The number of nitrogens with zero attached hydrogens (tertiary/aromatic N) is 2. The van der Waals surface area contributed by atoms with E-state index in [4.69, 9.17) is 11.6 Å². The second kappa shape index (κ2) is 2.92. The summed E-state index contributed by atoms with van der Waals surface area (Å²) < 4.78 is 27.2. The molecule has 1 aliphatic rings. The number of nitrogens with one attached hydrogen (secondary N) is 1. The zero-order valence-electron chi connectivity index (χ0n) is 6.73. The molecule has 0 unspecified atom stereocenters. The fourth-order valence-electron chi connectivity index (χ4n) is 1.34. The lowest BCUT2D eigenvalue weighted by Gasteiger charge is -2.12. The minimum absolute atomic E-state index is 0.327. The zero-order valence-corrected chi connectivity index (χ0v) is 7.48. The first kappa shape index (κ1) is 8.90. The number of aromatic nitrogens is 2. The third kappa shape index (κ3) is 1.66. The summed E-state index contributed by atoms with van der Waals surface area (Å²) in [6, 6.07) is 0. The first-order valence-electron chi connectivity index (χ1n) is 3.87. The molecular weight excluding hydrogens is 200 g/mol. The summed E-state index contributed by atoms with van der Waals surface area (Å²) >= 11 is 5.76. The van der Waals surface area contributed by atoms with E-state index in [-0.39, 0.29) is 6.54 Å². The van der Waals surface area contributed by atoms with Crippen molar-refractivity contribution in [2.24, 2.45) is 0 Å². The van der Waals surface area contributed by atoms with Crippen molar-refractivity contribution in [2.75, 3.05) is 6.54 Å². The Kier molecular flexibility index (Phi) is 2.00. The Morgan fingerprint density at radius 3 is 3.15 bits per heavy atom. The molecule has 13 heavy (non-hydrogen) atoms. The van der Waals surface area contributed by atoms with E-state index in [0.29, 0.717) is 17.3 Å². The lowest BCUT2D eigenvalue weighted by Crippen LogP contribution is -2.32. The van der Waals surface area contributed by atoms with E-state index in [9.17, 15) is 8.78 Å². The summed E-state index contributed by atoms with van der Waals surface area (Å²) in [4.78, 5) is 0. The van der Waals surface area contributed by atoms with Crippen LogP contribution in [-0.4, -0.2) is 22.2 Å². The molecule has 2 rings (SSSR count). The number of fused-ring (bicyclic) bond motifs is 1. The van der Waals surface area contributed by atoms with E-state index in [1.165, 1.54) is 10.9 Å². The normalized spacial score (nSPS) is 20.8. The van der Waals surface area contributed by atoms with E-state index < -0.39 is 12.5 Å². The summed E-state index contributed by atoms with van der Waals surface area (Å²) in [6.07, 6.45) is 1.39. The fraction of sp³-hybridized carbons (Fsp3) is 0.571. The number of rotatable bonds is 0. The van der Waals surface area contributed by atoms with E-state index in [0.717, 1.165) is 0 Å². The van der Waals surface area contributed by atoms with Gasteiger partial charge in [0.2, 0.25) is 0 Å². The standard InChI is InChI=1S/C7H8ClF2N3/c8-5-1-12-13-4-7(9,10)3-11-2-6(5)13/h1,11H,2-4H2. The van der Waals surface area contributed by atoms with Crippen LogP contribution in [0.25, 0.3) is 0 Å². The second-order valence-electron chi connectivity index (χ2n) is 3.06. The molecule has 0 fully saturated rings. The predicted octanol–water partition coefficient (Wildman–Crippen LogP) is 1.27. The van der Waals surface area contributed by atoms with Gasteiger partial charge in [-0.2, -0.15) is 5.10 Å². The van der Waals surface area contributed by atoms with Crippen molar-refractivity contribution in [3.8, 4) is 0 Å². The van der Waals surface area contributed by atoms with Gasteiger partial charge in [-0.1, -0.05) is 11.6 Å². The quantitative estimate of drug-likeness (QED) is 0.695. The van der Waals surface area contributed by atoms with Crippen molar-refractivity contribution in [3.63, 3.8) is 0 Å². The first-order chi connectivity index (χ1) is 6.08. The summed E-state index contributed by atoms with van der Waals surface area (Å²) in [7, 11) is 0. The number of alkyl halides is 2. The molecule has 3 nitrogen and oxygen atoms in total. The highest BCUT2D eigenvalue weighted by molar-refractivity contribution is 6.31. The number of hydrogen-bond acceptors (Lipinski definition) is 2. The van der Waals surface area contributed by atoms with Crippen LogP contribution in [0.2, 0.25) is 5.02 Å². The number of hydrogen-bond donors (Lipinski definition) is 1. The van der Waals surface area contributed by atoms with Gasteiger partial charge < -0.3 is 5.32 Å². The van der Waals surface area contributed by atoms with Gasteiger partial charge in [0.25, 0.3) is 5.92 Å². The van der Waals surface area contributed by atoms with Gasteiger partial charge in [-0.25, -0.2) is 8.78 Å². The van der Waals surface area contributed by atoms with Crippen LogP contribution in [0.15, 0.2) is 6.20 Å². The maximum absolute atomic E-state index is 13.0. The van der Waals surface area contributed by atoms with Crippen molar-refractivity contribution >= 4 is 11.6 Å². The molecule has 1 aliphatic heterocycles. The average Bonchev–Trinajstić information content (AvgIpc) is 2.31. The maximum Gasteiger partial charge on any atom is 0.279 e. The monoisotopic (exact) mass is 207 g/mol. The van der Waals surface area contributed by atoms with Gasteiger partial charge in [-0.15, -0.1) is 0 Å². The molecule has 0 saturated carbocycles. The maximum atomic E-state index is 13.0. The molecular formula is C7H8ClF2N3. The average molecular weight is 208 g/mol. The summed E-state index contributed by atoms with van der Waals surface area (Å²) in [5.74, 6) is -2.75. The van der Waals surface area contributed by atoms with Gasteiger partial charge >= 0.3 is 0 Å². The number of halogens is 3. The summed E-state index contributed by atoms with van der Waals surface area (Å²) in [5, 5.41) is 6.84. The van der Waals surface area contributed by atoms with Crippen molar-refractivity contribution in [3.05, 3.63) is 16.9 Å². The van der Waals surface area contributed by atoms with Crippen molar-refractivity contribution in [2.45, 2.75) is 19.0 Å². The second-order valence-corrected chi connectivity index (χ2v) is 3.46. The third-order valence-electron chi connectivity index (χ3n) is 1.95. The Morgan fingerprint density at radius 1 is 1.62 bits per heavy atom. The SMILES string of the molecule is FC1(F)CNCc2c(Cl)cnn2C1. The molecule has 0 amide bonds. The largest absolute Gasteiger partial charge is 0.305 e. The molecule has 0 saturated heterocycles. The highest BCUT2D eigenvalue weighted by atomic mass is 35.5.